The molecule has 1 N–H and O–H groups in total. The lowest BCUT2D eigenvalue weighted by molar-refractivity contribution is -0.146. The molecule has 1 fully saturated rings. The van der Waals surface area contributed by atoms with Crippen LogP contribution in [0.4, 0.5) is 5.69 Å². The molecule has 1 unspecified atom stereocenters. The zero-order valence-corrected chi connectivity index (χ0v) is 22.8. The van der Waals surface area contributed by atoms with Gasteiger partial charge in [0.15, 0.2) is 5.76 Å². The minimum Gasteiger partial charge on any atom is -0.465 e. The second-order valence-corrected chi connectivity index (χ2v) is 10.6. The number of anilines is 1. The third-order valence-corrected chi connectivity index (χ3v) is 7.62. The third-order valence-electron chi connectivity index (χ3n) is 7.37. The van der Waals surface area contributed by atoms with Crippen molar-refractivity contribution in [3.05, 3.63) is 94.6 Å². The molecule has 1 heterocycles. The SMILES string of the molecule is CCOC(=O)C1(c2ccc(-c3ccc(-c4onc(C)c4NC(C)CCc4ccc(Cl)cc4)cc3)cc2)CC1. The minimum atomic E-state index is -0.447. The number of aryl methyl sites for hydroxylation is 2. The maximum absolute atomic E-state index is 12.4. The summed E-state index contributed by atoms with van der Waals surface area (Å²) < 4.78 is 11.0. The molecule has 0 amide bonds. The third kappa shape index (κ3) is 5.48. The summed E-state index contributed by atoms with van der Waals surface area (Å²) in [5, 5.41) is 8.60. The standard InChI is InChI=1S/C32H33ClN2O3/c1-4-37-31(36)32(19-20-32)27-15-13-25(14-16-27)24-9-11-26(12-10-24)30-29(22(3)35-38-30)34-21(2)5-6-23-7-17-28(33)18-8-23/h7-18,21,34H,4-6,19-20H2,1-3H3. The number of nitrogens with zero attached hydrogens (tertiary/aromatic N) is 1. The normalized spacial score (nSPS) is 14.6. The molecule has 0 saturated heterocycles. The maximum atomic E-state index is 12.4. The lowest BCUT2D eigenvalue weighted by Crippen LogP contribution is -2.23. The van der Waals surface area contributed by atoms with E-state index in [1.807, 2.05) is 26.0 Å². The number of carbonyl (C=O) groups excluding carboxylic acids is 1. The zero-order valence-electron chi connectivity index (χ0n) is 22.1. The Hall–Kier alpha value is -3.57. The number of carbonyl (C=O) groups is 1. The number of rotatable bonds is 10. The van der Waals surface area contributed by atoms with Crippen LogP contribution in [0, 0.1) is 6.92 Å². The number of aromatic nitrogens is 1. The summed E-state index contributed by atoms with van der Waals surface area (Å²) in [6, 6.07) is 24.8. The summed E-state index contributed by atoms with van der Waals surface area (Å²) >= 11 is 6.01. The predicted octanol–water partition coefficient (Wildman–Crippen LogP) is 8.00. The fourth-order valence-electron chi connectivity index (χ4n) is 4.89. The number of esters is 1. The van der Waals surface area contributed by atoms with Crippen molar-refractivity contribution in [3.63, 3.8) is 0 Å². The molecule has 0 radical (unpaired) electrons. The van der Waals surface area contributed by atoms with Crippen molar-refractivity contribution in [1.82, 2.24) is 5.16 Å². The van der Waals surface area contributed by atoms with Crippen LogP contribution in [0.25, 0.3) is 22.5 Å². The molecule has 1 aliphatic rings. The van der Waals surface area contributed by atoms with Crippen molar-refractivity contribution in [2.45, 2.75) is 57.9 Å². The second-order valence-electron chi connectivity index (χ2n) is 10.1. The van der Waals surface area contributed by atoms with Crippen LogP contribution in [0.15, 0.2) is 77.3 Å². The molecule has 0 spiro atoms. The van der Waals surface area contributed by atoms with Gasteiger partial charge in [0.25, 0.3) is 0 Å². The van der Waals surface area contributed by atoms with E-state index in [9.17, 15) is 4.79 Å². The van der Waals surface area contributed by atoms with E-state index >= 15 is 0 Å². The summed E-state index contributed by atoms with van der Waals surface area (Å²) in [7, 11) is 0. The molecule has 196 valence electrons. The first kappa shape index (κ1) is 26.1. The number of hydrogen-bond acceptors (Lipinski definition) is 5. The summed E-state index contributed by atoms with van der Waals surface area (Å²) in [5.74, 6) is 0.635. The van der Waals surface area contributed by atoms with Crippen LogP contribution >= 0.6 is 11.6 Å². The average Bonchev–Trinajstić information content (AvgIpc) is 3.68. The number of ether oxygens (including phenoxy) is 1. The van der Waals surface area contributed by atoms with E-state index in [2.05, 4.69) is 78.1 Å². The van der Waals surface area contributed by atoms with Crippen molar-refractivity contribution in [2.24, 2.45) is 0 Å². The van der Waals surface area contributed by atoms with Gasteiger partial charge < -0.3 is 14.6 Å². The molecule has 6 heteroatoms. The summed E-state index contributed by atoms with van der Waals surface area (Å²) in [6.07, 6.45) is 3.64. The van der Waals surface area contributed by atoms with Gasteiger partial charge in [-0.15, -0.1) is 0 Å². The maximum Gasteiger partial charge on any atom is 0.316 e. The lowest BCUT2D eigenvalue weighted by Gasteiger charge is -2.16. The Labute approximate surface area is 229 Å². The number of nitrogens with one attached hydrogen (secondary N) is 1. The first-order valence-electron chi connectivity index (χ1n) is 13.3. The first-order chi connectivity index (χ1) is 18.4. The minimum absolute atomic E-state index is 0.108. The number of benzene rings is 3. The molecule has 1 atom stereocenters. The van der Waals surface area contributed by atoms with Crippen LogP contribution in [0.2, 0.25) is 5.02 Å². The lowest BCUT2D eigenvalue weighted by atomic mass is 9.93. The van der Waals surface area contributed by atoms with E-state index < -0.39 is 5.41 Å². The topological polar surface area (TPSA) is 64.4 Å². The Balaban J connectivity index is 1.26. The molecule has 5 nitrogen and oxygen atoms in total. The average molecular weight is 529 g/mol. The highest BCUT2D eigenvalue weighted by molar-refractivity contribution is 6.30. The van der Waals surface area contributed by atoms with E-state index in [-0.39, 0.29) is 12.0 Å². The molecule has 0 aliphatic heterocycles. The van der Waals surface area contributed by atoms with E-state index in [4.69, 9.17) is 20.9 Å². The Bertz CT molecular complexity index is 1390. The Kier molecular flexibility index (Phi) is 7.57. The van der Waals surface area contributed by atoms with Gasteiger partial charge in [-0.2, -0.15) is 0 Å². The Morgan fingerprint density at radius 1 is 1.00 bits per heavy atom. The highest BCUT2D eigenvalue weighted by atomic mass is 35.5. The molecule has 3 aromatic carbocycles. The summed E-state index contributed by atoms with van der Waals surface area (Å²) in [5.41, 5.74) is 6.80. The van der Waals surface area contributed by atoms with Gasteiger partial charge in [0, 0.05) is 16.6 Å². The fourth-order valence-corrected chi connectivity index (χ4v) is 5.02. The van der Waals surface area contributed by atoms with Gasteiger partial charge in [0.05, 0.1) is 12.0 Å². The van der Waals surface area contributed by atoms with Crippen molar-refractivity contribution in [3.8, 4) is 22.5 Å². The monoisotopic (exact) mass is 528 g/mol. The molecule has 38 heavy (non-hydrogen) atoms. The van der Waals surface area contributed by atoms with Crippen molar-refractivity contribution in [1.29, 1.82) is 0 Å². The highest BCUT2D eigenvalue weighted by Crippen LogP contribution is 2.49. The van der Waals surface area contributed by atoms with E-state index in [1.165, 1.54) is 5.56 Å². The van der Waals surface area contributed by atoms with Gasteiger partial charge >= 0.3 is 5.97 Å². The van der Waals surface area contributed by atoms with Crippen LogP contribution in [0.3, 0.4) is 0 Å². The van der Waals surface area contributed by atoms with Crippen LogP contribution < -0.4 is 5.32 Å². The Morgan fingerprint density at radius 3 is 2.21 bits per heavy atom. The van der Waals surface area contributed by atoms with Gasteiger partial charge in [-0.25, -0.2) is 0 Å². The first-order valence-corrected chi connectivity index (χ1v) is 13.6. The molecular formula is C32H33ClN2O3. The molecule has 1 saturated carbocycles. The van der Waals surface area contributed by atoms with E-state index in [0.29, 0.717) is 6.61 Å². The van der Waals surface area contributed by atoms with E-state index in [1.54, 1.807) is 0 Å². The quantitative estimate of drug-likeness (QED) is 0.211. The predicted molar refractivity (Wildman–Crippen MR) is 153 cm³/mol. The van der Waals surface area contributed by atoms with Crippen LogP contribution in [-0.2, 0) is 21.4 Å². The molecule has 4 aromatic rings. The number of hydrogen-bond donors (Lipinski definition) is 1. The smallest absolute Gasteiger partial charge is 0.316 e. The molecule has 0 bridgehead atoms. The van der Waals surface area contributed by atoms with Crippen molar-refractivity contribution in [2.75, 3.05) is 11.9 Å². The van der Waals surface area contributed by atoms with Crippen molar-refractivity contribution >= 4 is 23.3 Å². The largest absolute Gasteiger partial charge is 0.465 e. The summed E-state index contributed by atoms with van der Waals surface area (Å²) in [4.78, 5) is 12.4. The van der Waals surface area contributed by atoms with Gasteiger partial charge in [-0.3, -0.25) is 4.79 Å². The van der Waals surface area contributed by atoms with Gasteiger partial charge in [0.2, 0.25) is 0 Å². The molecule has 1 aromatic heterocycles. The van der Waals surface area contributed by atoms with Crippen molar-refractivity contribution < 1.29 is 14.1 Å². The zero-order chi connectivity index (χ0) is 26.7. The van der Waals surface area contributed by atoms with E-state index in [0.717, 1.165) is 70.1 Å². The van der Waals surface area contributed by atoms with Crippen LogP contribution in [0.1, 0.15) is 49.9 Å². The van der Waals surface area contributed by atoms with Crippen LogP contribution in [-0.4, -0.2) is 23.8 Å². The summed E-state index contributed by atoms with van der Waals surface area (Å²) in [6.45, 7) is 6.39. The number of halogens is 1. The molecule has 5 rings (SSSR count). The fraction of sp³-hybridized carbons (Fsp3) is 0.312. The molecule has 1 aliphatic carbocycles. The van der Waals surface area contributed by atoms with Crippen LogP contribution in [0.5, 0.6) is 0 Å². The van der Waals surface area contributed by atoms with Gasteiger partial charge in [0.1, 0.15) is 11.4 Å². The Morgan fingerprint density at radius 2 is 1.61 bits per heavy atom. The second kappa shape index (κ2) is 11.0. The molecular weight excluding hydrogens is 496 g/mol. The van der Waals surface area contributed by atoms with Gasteiger partial charge in [-0.05, 0) is 80.8 Å². The van der Waals surface area contributed by atoms with Gasteiger partial charge in [-0.1, -0.05) is 77.4 Å². The highest BCUT2D eigenvalue weighted by Gasteiger charge is 2.52.